The van der Waals surface area contributed by atoms with Gasteiger partial charge in [-0.15, -0.1) is 0 Å². The monoisotopic (exact) mass is 246 g/mol. The molecule has 0 saturated heterocycles. The zero-order valence-electron chi connectivity index (χ0n) is 10.7. The number of aromatic nitrogens is 2. The van der Waals surface area contributed by atoms with Crippen molar-refractivity contribution in [1.82, 2.24) is 9.97 Å². The van der Waals surface area contributed by atoms with E-state index in [2.05, 4.69) is 28.2 Å². The van der Waals surface area contributed by atoms with Crippen LogP contribution in [0.25, 0.3) is 22.5 Å². The van der Waals surface area contributed by atoms with Gasteiger partial charge in [-0.1, -0.05) is 42.5 Å². The minimum Gasteiger partial charge on any atom is -0.255 e. The van der Waals surface area contributed by atoms with Gasteiger partial charge in [-0.05, 0) is 30.7 Å². The van der Waals surface area contributed by atoms with Gasteiger partial charge in [-0.25, -0.2) is 0 Å². The molecule has 0 saturated carbocycles. The molecule has 0 amide bonds. The Labute approximate surface area is 112 Å². The molecule has 0 aliphatic carbocycles. The molecule has 0 spiro atoms. The molecule has 3 rings (SSSR count). The van der Waals surface area contributed by atoms with Gasteiger partial charge in [-0.3, -0.25) is 9.97 Å². The molecule has 0 fully saturated rings. The Morgan fingerprint density at radius 2 is 1.53 bits per heavy atom. The van der Waals surface area contributed by atoms with Crippen LogP contribution in [0.15, 0.2) is 66.9 Å². The fraction of sp³-hybridized carbons (Fsp3) is 0.0588. The van der Waals surface area contributed by atoms with Crippen LogP contribution < -0.4 is 0 Å². The van der Waals surface area contributed by atoms with E-state index in [1.54, 1.807) is 6.20 Å². The van der Waals surface area contributed by atoms with Gasteiger partial charge in [0.15, 0.2) is 0 Å². The van der Waals surface area contributed by atoms with Crippen molar-refractivity contribution in [2.24, 2.45) is 0 Å². The highest BCUT2D eigenvalue weighted by atomic mass is 14.8. The van der Waals surface area contributed by atoms with Crippen LogP contribution in [0.5, 0.6) is 0 Å². The molecule has 0 aliphatic rings. The van der Waals surface area contributed by atoms with Crippen molar-refractivity contribution in [1.29, 1.82) is 0 Å². The second kappa shape index (κ2) is 5.02. The first-order valence-electron chi connectivity index (χ1n) is 6.29. The normalized spacial score (nSPS) is 10.4. The fourth-order valence-corrected chi connectivity index (χ4v) is 2.14. The third-order valence-electron chi connectivity index (χ3n) is 3.10. The minimum atomic E-state index is 0.908. The lowest BCUT2D eigenvalue weighted by molar-refractivity contribution is 1.18. The zero-order chi connectivity index (χ0) is 13.1. The largest absolute Gasteiger partial charge is 0.255 e. The second-order valence-electron chi connectivity index (χ2n) is 4.41. The maximum absolute atomic E-state index is 4.66. The number of hydrogen-bond donors (Lipinski definition) is 0. The van der Waals surface area contributed by atoms with Crippen molar-refractivity contribution in [3.8, 4) is 22.5 Å². The first-order chi connectivity index (χ1) is 9.34. The maximum atomic E-state index is 4.66. The quantitative estimate of drug-likeness (QED) is 0.679. The Hall–Kier alpha value is -2.48. The van der Waals surface area contributed by atoms with Gasteiger partial charge in [0.1, 0.15) is 0 Å². The molecule has 2 nitrogen and oxygen atoms in total. The molecule has 1 aromatic carbocycles. The van der Waals surface area contributed by atoms with Crippen LogP contribution >= 0.6 is 0 Å². The molecule has 0 atom stereocenters. The summed E-state index contributed by atoms with van der Waals surface area (Å²) in [5.74, 6) is 0. The van der Waals surface area contributed by atoms with Crippen LogP contribution in [0, 0.1) is 6.92 Å². The summed E-state index contributed by atoms with van der Waals surface area (Å²) in [6.45, 7) is 2.04. The van der Waals surface area contributed by atoms with Gasteiger partial charge in [0.05, 0.1) is 11.4 Å². The predicted molar refractivity (Wildman–Crippen MR) is 77.6 cm³/mol. The molecular formula is C17H14N2. The summed E-state index contributed by atoms with van der Waals surface area (Å²) in [4.78, 5) is 8.99. The molecule has 0 N–H and O–H groups in total. The fourth-order valence-electron chi connectivity index (χ4n) is 2.14. The maximum Gasteiger partial charge on any atom is 0.0889 e. The van der Waals surface area contributed by atoms with E-state index < -0.39 is 0 Å². The van der Waals surface area contributed by atoms with Crippen molar-refractivity contribution in [3.05, 3.63) is 72.6 Å². The van der Waals surface area contributed by atoms with Crippen molar-refractivity contribution >= 4 is 0 Å². The molecule has 92 valence electrons. The standard InChI is InChI=1S/C17H14N2/c1-13-15(14-7-3-2-4-8-14)10-11-17(19-13)16-9-5-6-12-18-16/h2-12H,1H3. The van der Waals surface area contributed by atoms with E-state index in [1.165, 1.54) is 11.1 Å². The molecule has 2 heteroatoms. The third kappa shape index (κ3) is 2.38. The van der Waals surface area contributed by atoms with E-state index in [0.717, 1.165) is 17.1 Å². The molecule has 3 aromatic rings. The average molecular weight is 246 g/mol. The number of aryl methyl sites for hydroxylation is 1. The summed E-state index contributed by atoms with van der Waals surface area (Å²) in [7, 11) is 0. The van der Waals surface area contributed by atoms with E-state index in [9.17, 15) is 0 Å². The van der Waals surface area contributed by atoms with E-state index in [4.69, 9.17) is 0 Å². The van der Waals surface area contributed by atoms with Gasteiger partial charge in [0.25, 0.3) is 0 Å². The van der Waals surface area contributed by atoms with Crippen molar-refractivity contribution in [2.75, 3.05) is 0 Å². The summed E-state index contributed by atoms with van der Waals surface area (Å²) in [5, 5.41) is 0. The van der Waals surface area contributed by atoms with E-state index in [0.29, 0.717) is 0 Å². The summed E-state index contributed by atoms with van der Waals surface area (Å²) >= 11 is 0. The van der Waals surface area contributed by atoms with Gasteiger partial charge in [0, 0.05) is 17.5 Å². The molecular weight excluding hydrogens is 232 g/mol. The minimum absolute atomic E-state index is 0.908. The first kappa shape index (κ1) is 11.6. The van der Waals surface area contributed by atoms with Crippen molar-refractivity contribution in [3.63, 3.8) is 0 Å². The average Bonchev–Trinajstić information content (AvgIpc) is 2.49. The van der Waals surface area contributed by atoms with Crippen LogP contribution in [0.4, 0.5) is 0 Å². The van der Waals surface area contributed by atoms with Crippen LogP contribution in [0.2, 0.25) is 0 Å². The Morgan fingerprint density at radius 3 is 2.21 bits per heavy atom. The van der Waals surface area contributed by atoms with Gasteiger partial charge >= 0.3 is 0 Å². The van der Waals surface area contributed by atoms with Crippen molar-refractivity contribution < 1.29 is 0 Å². The van der Waals surface area contributed by atoms with Crippen LogP contribution in [-0.2, 0) is 0 Å². The second-order valence-corrected chi connectivity index (χ2v) is 4.41. The van der Waals surface area contributed by atoms with Crippen LogP contribution in [-0.4, -0.2) is 9.97 Å². The number of benzene rings is 1. The Kier molecular flexibility index (Phi) is 3.07. The lowest BCUT2D eigenvalue weighted by atomic mass is 10.0. The highest BCUT2D eigenvalue weighted by Crippen LogP contribution is 2.24. The summed E-state index contributed by atoms with van der Waals surface area (Å²) < 4.78 is 0. The Balaban J connectivity index is 2.04. The summed E-state index contributed by atoms with van der Waals surface area (Å²) in [6, 6.07) is 20.3. The van der Waals surface area contributed by atoms with Gasteiger partial charge in [-0.2, -0.15) is 0 Å². The molecule has 19 heavy (non-hydrogen) atoms. The summed E-state index contributed by atoms with van der Waals surface area (Å²) in [5.41, 5.74) is 5.21. The molecule has 0 unspecified atom stereocenters. The Morgan fingerprint density at radius 1 is 0.737 bits per heavy atom. The molecule has 2 aromatic heterocycles. The SMILES string of the molecule is Cc1nc(-c2ccccn2)ccc1-c1ccccc1. The highest BCUT2D eigenvalue weighted by Gasteiger charge is 2.05. The van der Waals surface area contributed by atoms with Gasteiger partial charge < -0.3 is 0 Å². The Bertz CT molecular complexity index is 676. The topological polar surface area (TPSA) is 25.8 Å². The van der Waals surface area contributed by atoms with E-state index >= 15 is 0 Å². The molecule has 2 heterocycles. The van der Waals surface area contributed by atoms with E-state index in [-0.39, 0.29) is 0 Å². The lowest BCUT2D eigenvalue weighted by Crippen LogP contribution is -1.92. The first-order valence-corrected chi connectivity index (χ1v) is 6.29. The van der Waals surface area contributed by atoms with Crippen LogP contribution in [0.3, 0.4) is 0 Å². The summed E-state index contributed by atoms with van der Waals surface area (Å²) in [6.07, 6.45) is 1.79. The molecule has 0 aliphatic heterocycles. The zero-order valence-corrected chi connectivity index (χ0v) is 10.7. The smallest absolute Gasteiger partial charge is 0.0889 e. The van der Waals surface area contributed by atoms with Crippen molar-refractivity contribution in [2.45, 2.75) is 6.92 Å². The number of pyridine rings is 2. The third-order valence-corrected chi connectivity index (χ3v) is 3.10. The number of hydrogen-bond acceptors (Lipinski definition) is 2. The van der Waals surface area contributed by atoms with Gasteiger partial charge in [0.2, 0.25) is 0 Å². The highest BCUT2D eigenvalue weighted by molar-refractivity contribution is 5.68. The number of rotatable bonds is 2. The molecule has 0 radical (unpaired) electrons. The lowest BCUT2D eigenvalue weighted by Gasteiger charge is -2.07. The number of nitrogens with zero attached hydrogens (tertiary/aromatic N) is 2. The van der Waals surface area contributed by atoms with E-state index in [1.807, 2.05) is 49.4 Å². The predicted octanol–water partition coefficient (Wildman–Crippen LogP) is 4.12. The molecule has 0 bridgehead atoms. The van der Waals surface area contributed by atoms with Crippen LogP contribution in [0.1, 0.15) is 5.69 Å².